The van der Waals surface area contributed by atoms with Crippen molar-refractivity contribution in [1.82, 2.24) is 0 Å². The van der Waals surface area contributed by atoms with Crippen molar-refractivity contribution < 1.29 is 14.3 Å². The van der Waals surface area contributed by atoms with E-state index in [9.17, 15) is 4.79 Å². The molecule has 0 aromatic rings. The molecule has 4 aliphatic rings. The zero-order valence-electron chi connectivity index (χ0n) is 17.8. The smallest absolute Gasteiger partial charge is 0.304 e. The van der Waals surface area contributed by atoms with E-state index in [1.807, 2.05) is 0 Å². The van der Waals surface area contributed by atoms with Gasteiger partial charge in [0.1, 0.15) is 0 Å². The van der Waals surface area contributed by atoms with Gasteiger partial charge in [0.2, 0.25) is 0 Å². The van der Waals surface area contributed by atoms with Crippen molar-refractivity contribution in [3.63, 3.8) is 0 Å². The van der Waals surface area contributed by atoms with Crippen LogP contribution in [0.2, 0.25) is 0 Å². The van der Waals surface area contributed by atoms with E-state index in [2.05, 4.69) is 38.8 Å². The summed E-state index contributed by atoms with van der Waals surface area (Å²) in [5.74, 6) is 6.41. The number of allylic oxidation sites excluding steroid dienone is 4. The van der Waals surface area contributed by atoms with Gasteiger partial charge in [-0.3, -0.25) is 4.79 Å². The second-order valence-electron chi connectivity index (χ2n) is 9.86. The fourth-order valence-electron chi connectivity index (χ4n) is 7.00. The van der Waals surface area contributed by atoms with Gasteiger partial charge in [0.15, 0.2) is 5.60 Å². The van der Waals surface area contributed by atoms with E-state index in [0.717, 1.165) is 43.8 Å². The maximum Gasteiger partial charge on any atom is 0.304 e. The Kier molecular flexibility index (Phi) is 4.89. The molecule has 4 aliphatic carbocycles. The Bertz CT molecular complexity index is 754. The molecule has 4 rings (SSSR count). The van der Waals surface area contributed by atoms with Crippen LogP contribution >= 0.6 is 0 Å². The normalized spacial score (nSPS) is 41.7. The van der Waals surface area contributed by atoms with E-state index in [-0.39, 0.29) is 17.5 Å². The molecule has 0 aromatic carbocycles. The second kappa shape index (κ2) is 6.97. The Morgan fingerprint density at radius 2 is 2.04 bits per heavy atom. The predicted molar refractivity (Wildman–Crippen MR) is 110 cm³/mol. The quantitative estimate of drug-likeness (QED) is 0.483. The monoisotopic (exact) mass is 382 g/mol. The molecule has 6 atom stereocenters. The average Bonchev–Trinajstić information content (AvgIpc) is 2.93. The molecule has 3 heteroatoms. The van der Waals surface area contributed by atoms with E-state index in [1.54, 1.807) is 0 Å². The molecule has 0 saturated heterocycles. The van der Waals surface area contributed by atoms with Crippen LogP contribution in [0.15, 0.2) is 23.5 Å². The maximum absolute atomic E-state index is 11.8. The van der Waals surface area contributed by atoms with E-state index in [0.29, 0.717) is 17.8 Å². The highest BCUT2D eigenvalue weighted by Crippen LogP contribution is 2.65. The van der Waals surface area contributed by atoms with Crippen LogP contribution in [0.1, 0.15) is 72.6 Å². The average molecular weight is 383 g/mol. The first kappa shape index (κ1) is 19.6. The van der Waals surface area contributed by atoms with Crippen LogP contribution in [0.4, 0.5) is 0 Å². The Morgan fingerprint density at radius 1 is 1.25 bits per heavy atom. The number of carbonyl (C=O) groups excluding carboxylic acids is 1. The predicted octanol–water partition coefficient (Wildman–Crippen LogP) is 5.41. The summed E-state index contributed by atoms with van der Waals surface area (Å²) in [5.41, 5.74) is 0.674. The Morgan fingerprint density at radius 3 is 2.71 bits per heavy atom. The number of fused-ring (bicyclic) bond motifs is 5. The zero-order valence-corrected chi connectivity index (χ0v) is 17.8. The first-order chi connectivity index (χ1) is 13.3. The number of hydrogen-bond donors (Lipinski definition) is 0. The minimum Gasteiger partial charge on any atom is -0.495 e. The topological polar surface area (TPSA) is 35.5 Å². The van der Waals surface area contributed by atoms with Gasteiger partial charge >= 0.3 is 5.97 Å². The zero-order chi connectivity index (χ0) is 20.1. The Balaban J connectivity index is 1.60. The van der Waals surface area contributed by atoms with Gasteiger partial charge in [0, 0.05) is 18.8 Å². The molecule has 0 heterocycles. The summed E-state index contributed by atoms with van der Waals surface area (Å²) in [7, 11) is 0. The minimum absolute atomic E-state index is 0.101. The lowest BCUT2D eigenvalue weighted by Crippen LogP contribution is -2.53. The highest BCUT2D eigenvalue weighted by atomic mass is 16.6. The fraction of sp³-hybridized carbons (Fsp3) is 0.720. The lowest BCUT2D eigenvalue weighted by molar-refractivity contribution is -0.167. The summed E-state index contributed by atoms with van der Waals surface area (Å²) in [5, 5.41) is 0. The van der Waals surface area contributed by atoms with Crippen molar-refractivity contribution in [2.75, 3.05) is 0 Å². The first-order valence-corrected chi connectivity index (χ1v) is 11.0. The molecule has 152 valence electrons. The van der Waals surface area contributed by atoms with Gasteiger partial charge in [-0.15, -0.1) is 6.42 Å². The molecule has 0 bridgehead atoms. The number of ether oxygens (including phenoxy) is 2. The van der Waals surface area contributed by atoms with Crippen molar-refractivity contribution in [2.45, 2.75) is 84.3 Å². The molecule has 0 aliphatic heterocycles. The molecule has 2 fully saturated rings. The molecule has 0 radical (unpaired) electrons. The molecule has 0 unspecified atom stereocenters. The van der Waals surface area contributed by atoms with E-state index in [4.69, 9.17) is 15.9 Å². The van der Waals surface area contributed by atoms with Crippen molar-refractivity contribution in [3.05, 3.63) is 23.5 Å². The van der Waals surface area contributed by atoms with Gasteiger partial charge in [-0.2, -0.15) is 0 Å². The summed E-state index contributed by atoms with van der Waals surface area (Å²) in [6.45, 7) is 7.97. The van der Waals surface area contributed by atoms with Gasteiger partial charge in [-0.05, 0) is 87.7 Å². The largest absolute Gasteiger partial charge is 0.495 e. The summed E-state index contributed by atoms with van der Waals surface area (Å²) in [4.78, 5) is 11.8. The van der Waals surface area contributed by atoms with Gasteiger partial charge < -0.3 is 9.47 Å². The first-order valence-electron chi connectivity index (χ1n) is 11.0. The molecule has 0 aromatic heterocycles. The number of terminal acetylenes is 1. The molecular weight excluding hydrogens is 348 g/mol. The van der Waals surface area contributed by atoms with E-state index < -0.39 is 5.60 Å². The number of rotatable bonds is 3. The van der Waals surface area contributed by atoms with Crippen LogP contribution in [0.5, 0.6) is 0 Å². The fourth-order valence-corrected chi connectivity index (χ4v) is 7.00. The lowest BCUT2D eigenvalue weighted by atomic mass is 9.51. The van der Waals surface area contributed by atoms with Crippen LogP contribution in [0.3, 0.4) is 0 Å². The lowest BCUT2D eigenvalue weighted by Gasteiger charge is -2.54. The third-order valence-electron chi connectivity index (χ3n) is 8.15. The van der Waals surface area contributed by atoms with Gasteiger partial charge in [0.05, 0.1) is 11.9 Å². The third-order valence-corrected chi connectivity index (χ3v) is 8.15. The van der Waals surface area contributed by atoms with E-state index >= 15 is 0 Å². The number of esters is 1. The number of hydrogen-bond acceptors (Lipinski definition) is 3. The summed E-state index contributed by atoms with van der Waals surface area (Å²) < 4.78 is 11.8. The molecule has 28 heavy (non-hydrogen) atoms. The molecule has 0 amide bonds. The highest BCUT2D eigenvalue weighted by Gasteiger charge is 2.64. The van der Waals surface area contributed by atoms with Crippen LogP contribution in [-0.2, 0) is 14.3 Å². The van der Waals surface area contributed by atoms with Gasteiger partial charge in [0.25, 0.3) is 0 Å². The molecule has 0 N–H and O–H groups in total. The molecule has 3 nitrogen and oxygen atoms in total. The van der Waals surface area contributed by atoms with Gasteiger partial charge in [-0.25, -0.2) is 0 Å². The Hall–Kier alpha value is -1.69. The SMILES string of the molecule is C#C[C@]1(OC(C)=O)CC[C@H]2[C@@H]3CC=C4C=C(OC(C)C)CC[C@@H]4[C@H]3CC[C@@]21C. The van der Waals surface area contributed by atoms with E-state index in [1.165, 1.54) is 25.3 Å². The van der Waals surface area contributed by atoms with Crippen LogP contribution in [0.25, 0.3) is 0 Å². The van der Waals surface area contributed by atoms with Crippen molar-refractivity contribution in [1.29, 1.82) is 0 Å². The highest BCUT2D eigenvalue weighted by molar-refractivity contribution is 5.67. The van der Waals surface area contributed by atoms with Crippen molar-refractivity contribution >= 4 is 5.97 Å². The summed E-state index contributed by atoms with van der Waals surface area (Å²) >= 11 is 0. The second-order valence-corrected chi connectivity index (χ2v) is 9.86. The van der Waals surface area contributed by atoms with Crippen LogP contribution in [-0.4, -0.2) is 17.7 Å². The molecule has 2 saturated carbocycles. The maximum atomic E-state index is 11.8. The molecular formula is C25H34O3. The molecule has 0 spiro atoms. The van der Waals surface area contributed by atoms with Crippen molar-refractivity contribution in [2.24, 2.45) is 29.1 Å². The van der Waals surface area contributed by atoms with Crippen LogP contribution in [0, 0.1) is 41.4 Å². The van der Waals surface area contributed by atoms with Gasteiger partial charge in [-0.1, -0.05) is 18.9 Å². The summed E-state index contributed by atoms with van der Waals surface area (Å²) in [6, 6.07) is 0. The Labute approximate surface area is 169 Å². The van der Waals surface area contributed by atoms with Crippen molar-refractivity contribution in [3.8, 4) is 12.3 Å². The van der Waals surface area contributed by atoms with Crippen LogP contribution < -0.4 is 0 Å². The minimum atomic E-state index is -0.719. The standard InChI is InChI=1S/C25H34O3/c1-6-25(28-17(4)26)14-12-23-22-9-7-18-15-19(27-16(2)3)8-10-20(18)21(22)11-13-24(23,25)5/h1,7,15-16,20-23H,8-14H2,2-5H3/t20-,21+,22+,23-,24-,25-/m0/s1. The number of carbonyl (C=O) groups is 1. The summed E-state index contributed by atoms with van der Waals surface area (Å²) in [6.07, 6.45) is 18.5. The third kappa shape index (κ3) is 2.92.